The molecule has 3 aromatic rings. The van der Waals surface area contributed by atoms with Crippen molar-refractivity contribution in [2.45, 2.75) is 18.6 Å². The molecule has 0 aliphatic heterocycles. The Balaban J connectivity index is 1.54. The van der Waals surface area contributed by atoms with Gasteiger partial charge in [0.1, 0.15) is 5.75 Å². The average molecular weight is 518 g/mol. The summed E-state index contributed by atoms with van der Waals surface area (Å²) in [7, 11) is 3.30. The standard InChI is InChI=1S/C23H24ClN5O5S/c1-4-34-22(32)15-7-10-17(24)18(11-15)26-20(30)13-35-23-28-27-19(29(23)2)12-25-21(31)14-5-8-16(33-3)9-6-14/h5-11H,4,12-13H2,1-3H3,(H,25,31)(H,26,30). The number of anilines is 1. The van der Waals surface area contributed by atoms with Crippen molar-refractivity contribution in [1.82, 2.24) is 20.1 Å². The normalized spacial score (nSPS) is 10.5. The molecule has 184 valence electrons. The van der Waals surface area contributed by atoms with Crippen molar-refractivity contribution in [1.29, 1.82) is 0 Å². The van der Waals surface area contributed by atoms with Crippen LogP contribution in [-0.2, 0) is 23.1 Å². The fraction of sp³-hybridized carbons (Fsp3) is 0.261. The Kier molecular flexibility index (Phi) is 9.10. The third-order valence-corrected chi connectivity index (χ3v) is 6.12. The highest BCUT2D eigenvalue weighted by atomic mass is 35.5. The lowest BCUT2D eigenvalue weighted by molar-refractivity contribution is -0.113. The number of thioether (sulfide) groups is 1. The van der Waals surface area contributed by atoms with Gasteiger partial charge in [0.05, 0.1) is 42.3 Å². The van der Waals surface area contributed by atoms with Crippen LogP contribution in [-0.4, -0.2) is 52.0 Å². The maximum atomic E-state index is 12.5. The summed E-state index contributed by atoms with van der Waals surface area (Å²) in [6, 6.07) is 11.3. The Bertz CT molecular complexity index is 1220. The molecule has 0 bridgehead atoms. The number of methoxy groups -OCH3 is 1. The molecule has 0 saturated heterocycles. The quantitative estimate of drug-likeness (QED) is 0.310. The Hall–Kier alpha value is -3.57. The summed E-state index contributed by atoms with van der Waals surface area (Å²) in [5.74, 6) is 0.125. The molecule has 0 saturated carbocycles. The second-order valence-electron chi connectivity index (χ2n) is 7.12. The molecule has 10 nitrogen and oxygen atoms in total. The minimum atomic E-state index is -0.500. The van der Waals surface area contributed by atoms with Crippen molar-refractivity contribution in [2.24, 2.45) is 7.05 Å². The smallest absolute Gasteiger partial charge is 0.338 e. The van der Waals surface area contributed by atoms with E-state index in [1.54, 1.807) is 49.9 Å². The number of esters is 1. The van der Waals surface area contributed by atoms with Crippen LogP contribution in [0, 0.1) is 0 Å². The van der Waals surface area contributed by atoms with Crippen LogP contribution >= 0.6 is 23.4 Å². The van der Waals surface area contributed by atoms with Crippen LogP contribution in [0.2, 0.25) is 5.02 Å². The summed E-state index contributed by atoms with van der Waals surface area (Å²) < 4.78 is 11.8. The van der Waals surface area contributed by atoms with Gasteiger partial charge in [-0.05, 0) is 49.4 Å². The van der Waals surface area contributed by atoms with Crippen LogP contribution in [0.1, 0.15) is 33.5 Å². The van der Waals surface area contributed by atoms with E-state index in [1.807, 2.05) is 0 Å². The highest BCUT2D eigenvalue weighted by molar-refractivity contribution is 7.99. The number of hydrogen-bond donors (Lipinski definition) is 2. The number of nitrogens with one attached hydrogen (secondary N) is 2. The van der Waals surface area contributed by atoms with Crippen LogP contribution in [0.25, 0.3) is 0 Å². The van der Waals surface area contributed by atoms with Crippen molar-refractivity contribution >= 4 is 46.8 Å². The number of benzene rings is 2. The first-order chi connectivity index (χ1) is 16.8. The average Bonchev–Trinajstić information content (AvgIpc) is 3.21. The predicted octanol–water partition coefficient (Wildman–Crippen LogP) is 3.31. The third kappa shape index (κ3) is 6.96. The molecule has 2 aromatic carbocycles. The maximum Gasteiger partial charge on any atom is 0.338 e. The monoisotopic (exact) mass is 517 g/mol. The van der Waals surface area contributed by atoms with Crippen LogP contribution < -0.4 is 15.4 Å². The molecule has 0 atom stereocenters. The van der Waals surface area contributed by atoms with E-state index in [1.165, 1.54) is 30.0 Å². The molecular weight excluding hydrogens is 494 g/mol. The van der Waals surface area contributed by atoms with Gasteiger partial charge in [-0.2, -0.15) is 0 Å². The molecule has 0 aliphatic carbocycles. The molecule has 0 fully saturated rings. The number of aromatic nitrogens is 3. The molecule has 0 unspecified atom stereocenters. The highest BCUT2D eigenvalue weighted by Crippen LogP contribution is 2.24. The van der Waals surface area contributed by atoms with Crippen LogP contribution in [0.4, 0.5) is 5.69 Å². The molecule has 12 heteroatoms. The number of halogens is 1. The second-order valence-corrected chi connectivity index (χ2v) is 8.47. The summed E-state index contributed by atoms with van der Waals surface area (Å²) in [6.45, 7) is 2.11. The van der Waals surface area contributed by atoms with Crippen molar-refractivity contribution in [3.05, 3.63) is 64.4 Å². The number of nitrogens with zero attached hydrogens (tertiary/aromatic N) is 3. The van der Waals surface area contributed by atoms with Gasteiger partial charge in [0.15, 0.2) is 11.0 Å². The first-order valence-corrected chi connectivity index (χ1v) is 11.9. The van der Waals surface area contributed by atoms with Crippen molar-refractivity contribution in [3.63, 3.8) is 0 Å². The number of hydrogen-bond acceptors (Lipinski definition) is 8. The van der Waals surface area contributed by atoms with E-state index in [-0.39, 0.29) is 36.3 Å². The lowest BCUT2D eigenvalue weighted by atomic mass is 10.2. The van der Waals surface area contributed by atoms with Gasteiger partial charge in [-0.25, -0.2) is 4.79 Å². The fourth-order valence-electron chi connectivity index (χ4n) is 2.91. The first-order valence-electron chi connectivity index (χ1n) is 10.5. The zero-order chi connectivity index (χ0) is 25.4. The van der Waals surface area contributed by atoms with Crippen molar-refractivity contribution < 1.29 is 23.9 Å². The minimum absolute atomic E-state index is 0.0319. The second kappa shape index (κ2) is 12.2. The van der Waals surface area contributed by atoms with E-state index >= 15 is 0 Å². The number of amides is 2. The molecule has 3 rings (SSSR count). The lowest BCUT2D eigenvalue weighted by Crippen LogP contribution is -2.24. The minimum Gasteiger partial charge on any atom is -0.497 e. The molecule has 0 spiro atoms. The van der Waals surface area contributed by atoms with Gasteiger partial charge in [0, 0.05) is 12.6 Å². The molecule has 0 aliphatic rings. The summed E-state index contributed by atoms with van der Waals surface area (Å²) in [5.41, 5.74) is 1.08. The molecule has 0 radical (unpaired) electrons. The van der Waals surface area contributed by atoms with Gasteiger partial charge < -0.3 is 24.7 Å². The molecule has 2 N–H and O–H groups in total. The number of ether oxygens (including phenoxy) is 2. The predicted molar refractivity (Wildman–Crippen MR) is 132 cm³/mol. The van der Waals surface area contributed by atoms with E-state index in [0.717, 1.165) is 0 Å². The van der Waals surface area contributed by atoms with Crippen LogP contribution in [0.3, 0.4) is 0 Å². The summed E-state index contributed by atoms with van der Waals surface area (Å²) in [4.78, 5) is 36.7. The van der Waals surface area contributed by atoms with E-state index in [0.29, 0.717) is 33.0 Å². The summed E-state index contributed by atoms with van der Waals surface area (Å²) in [6.07, 6.45) is 0. The van der Waals surface area contributed by atoms with Crippen molar-refractivity contribution in [2.75, 3.05) is 24.8 Å². The largest absolute Gasteiger partial charge is 0.497 e. The van der Waals surface area contributed by atoms with Crippen molar-refractivity contribution in [3.8, 4) is 5.75 Å². The number of carbonyl (C=O) groups excluding carboxylic acids is 3. The fourth-order valence-corrected chi connectivity index (χ4v) is 3.80. The SMILES string of the molecule is CCOC(=O)c1ccc(Cl)c(NC(=O)CSc2nnc(CNC(=O)c3ccc(OC)cc3)n2C)c1. The summed E-state index contributed by atoms with van der Waals surface area (Å²) >= 11 is 7.32. The Morgan fingerprint density at radius 2 is 1.80 bits per heavy atom. The Morgan fingerprint density at radius 3 is 2.49 bits per heavy atom. The Labute approximate surface area is 211 Å². The zero-order valence-electron chi connectivity index (χ0n) is 19.3. The zero-order valence-corrected chi connectivity index (χ0v) is 20.9. The lowest BCUT2D eigenvalue weighted by Gasteiger charge is -2.09. The molecule has 2 amide bonds. The molecule has 1 aromatic heterocycles. The first kappa shape index (κ1) is 26.0. The van der Waals surface area contributed by atoms with Gasteiger partial charge in [-0.1, -0.05) is 23.4 Å². The van der Waals surface area contributed by atoms with E-state index in [2.05, 4.69) is 20.8 Å². The molecule has 1 heterocycles. The van der Waals surface area contributed by atoms with Crippen LogP contribution in [0.15, 0.2) is 47.6 Å². The Morgan fingerprint density at radius 1 is 1.09 bits per heavy atom. The van der Waals surface area contributed by atoms with Gasteiger partial charge >= 0.3 is 5.97 Å². The highest BCUT2D eigenvalue weighted by Gasteiger charge is 2.15. The maximum absolute atomic E-state index is 12.5. The van der Waals surface area contributed by atoms with E-state index < -0.39 is 5.97 Å². The summed E-state index contributed by atoms with van der Waals surface area (Å²) in [5, 5.41) is 14.4. The molecule has 35 heavy (non-hydrogen) atoms. The van der Waals surface area contributed by atoms with E-state index in [4.69, 9.17) is 21.1 Å². The van der Waals surface area contributed by atoms with Gasteiger partial charge in [-0.3, -0.25) is 9.59 Å². The van der Waals surface area contributed by atoms with Crippen LogP contribution in [0.5, 0.6) is 5.75 Å². The van der Waals surface area contributed by atoms with Gasteiger partial charge in [0.2, 0.25) is 5.91 Å². The topological polar surface area (TPSA) is 124 Å². The van der Waals surface area contributed by atoms with E-state index in [9.17, 15) is 14.4 Å². The number of rotatable bonds is 10. The van der Waals surface area contributed by atoms with Gasteiger partial charge in [-0.15, -0.1) is 10.2 Å². The number of carbonyl (C=O) groups is 3. The van der Waals surface area contributed by atoms with Gasteiger partial charge in [0.25, 0.3) is 5.91 Å². The third-order valence-electron chi connectivity index (χ3n) is 4.77. The molecular formula is C23H24ClN5O5S.